The monoisotopic (exact) mass is 318 g/mol. The van der Waals surface area contributed by atoms with Crippen LogP contribution in [-0.2, 0) is 5.41 Å². The van der Waals surface area contributed by atoms with Gasteiger partial charge in [0.05, 0.1) is 5.97 Å². The third-order valence-corrected chi connectivity index (χ3v) is 4.38. The zero-order valence-corrected chi connectivity index (χ0v) is 13.6. The van der Waals surface area contributed by atoms with Gasteiger partial charge in [-0.15, -0.1) is 0 Å². The van der Waals surface area contributed by atoms with Crippen molar-refractivity contribution in [3.63, 3.8) is 0 Å². The van der Waals surface area contributed by atoms with Crippen molar-refractivity contribution < 1.29 is 14.7 Å². The Morgan fingerprint density at radius 2 is 2.04 bits per heavy atom. The normalized spacial score (nSPS) is 15.2. The van der Waals surface area contributed by atoms with Gasteiger partial charge in [0.25, 0.3) is 0 Å². The summed E-state index contributed by atoms with van der Waals surface area (Å²) in [6, 6.07) is 8.51. The van der Waals surface area contributed by atoms with E-state index in [-0.39, 0.29) is 22.5 Å². The van der Waals surface area contributed by atoms with Crippen molar-refractivity contribution in [1.29, 1.82) is 0 Å². The van der Waals surface area contributed by atoms with E-state index in [0.717, 1.165) is 12.0 Å². The first-order valence-corrected chi connectivity index (χ1v) is 7.74. The minimum atomic E-state index is -1.31. The fourth-order valence-corrected chi connectivity index (χ4v) is 2.94. The lowest BCUT2D eigenvalue weighted by molar-refractivity contribution is -0.255. The quantitative estimate of drug-likeness (QED) is 0.755. The molecule has 1 aromatic carbocycles. The topological polar surface area (TPSA) is 70.1 Å². The molecule has 0 N–H and O–H groups in total. The van der Waals surface area contributed by atoms with E-state index in [1.165, 1.54) is 18.3 Å². The van der Waals surface area contributed by atoms with Crippen molar-refractivity contribution in [2.45, 2.75) is 32.1 Å². The molecule has 0 saturated carbocycles. The summed E-state index contributed by atoms with van der Waals surface area (Å²) in [6.45, 7) is 4.26. The first-order chi connectivity index (χ1) is 11.4. The van der Waals surface area contributed by atoms with Gasteiger partial charge in [-0.05, 0) is 47.6 Å². The first kappa shape index (κ1) is 15.9. The second-order valence-electron chi connectivity index (χ2n) is 6.50. The van der Waals surface area contributed by atoms with E-state index in [0.29, 0.717) is 17.5 Å². The van der Waals surface area contributed by atoms with Gasteiger partial charge in [0.1, 0.15) is 5.69 Å². The smallest absolute Gasteiger partial charge is 0.163 e. The van der Waals surface area contributed by atoms with E-state index >= 15 is 0 Å². The Morgan fingerprint density at radius 3 is 2.79 bits per heavy atom. The Kier molecular flexibility index (Phi) is 3.94. The molecule has 0 spiro atoms. The van der Waals surface area contributed by atoms with Gasteiger partial charge in [-0.2, -0.15) is 0 Å². The maximum Gasteiger partial charge on any atom is 0.163 e. The highest BCUT2D eigenvalue weighted by molar-refractivity contribution is 5.99. The lowest BCUT2D eigenvalue weighted by atomic mass is 9.72. The standard InChI is InChI=1S/C20H17NO3/c1-20(2)10-9-18(22)15-12-13(5-7-16(15)20)6-8-17-14(19(23)24)4-3-11-21-17/h3-5,7,11-12H,9-10H2,1-2H3,(H,23,24)/p-1. The van der Waals surface area contributed by atoms with E-state index in [1.54, 1.807) is 6.07 Å². The number of aromatic carboxylic acids is 1. The number of benzene rings is 1. The molecule has 1 aliphatic carbocycles. The summed E-state index contributed by atoms with van der Waals surface area (Å²) < 4.78 is 0. The summed E-state index contributed by atoms with van der Waals surface area (Å²) in [5.41, 5.74) is 2.49. The minimum absolute atomic E-state index is 0.0294. The van der Waals surface area contributed by atoms with Gasteiger partial charge < -0.3 is 9.90 Å². The average Bonchev–Trinajstić information content (AvgIpc) is 2.57. The molecule has 0 saturated heterocycles. The van der Waals surface area contributed by atoms with Crippen LogP contribution in [0.1, 0.15) is 64.2 Å². The van der Waals surface area contributed by atoms with Crippen molar-refractivity contribution in [3.8, 4) is 11.8 Å². The predicted molar refractivity (Wildman–Crippen MR) is 87.6 cm³/mol. The Bertz CT molecular complexity index is 901. The highest BCUT2D eigenvalue weighted by Gasteiger charge is 2.31. The van der Waals surface area contributed by atoms with Gasteiger partial charge in [0.15, 0.2) is 5.78 Å². The molecule has 3 rings (SSSR count). The Balaban J connectivity index is 2.01. The summed E-state index contributed by atoms with van der Waals surface area (Å²) in [5.74, 6) is 4.47. The number of carboxylic acids is 1. The first-order valence-electron chi connectivity index (χ1n) is 7.74. The molecule has 2 aromatic rings. The SMILES string of the molecule is CC1(C)CCC(=O)c2cc(C#Cc3ncccc3C(=O)[O-])ccc21. The van der Waals surface area contributed by atoms with Crippen LogP contribution in [0.3, 0.4) is 0 Å². The highest BCUT2D eigenvalue weighted by Crippen LogP contribution is 2.36. The van der Waals surface area contributed by atoms with Gasteiger partial charge in [0, 0.05) is 29.3 Å². The molecule has 1 aliphatic rings. The largest absolute Gasteiger partial charge is 0.545 e. The molecule has 0 unspecified atom stereocenters. The summed E-state index contributed by atoms with van der Waals surface area (Å²) in [7, 11) is 0. The number of pyridine rings is 1. The number of carboxylic acid groups (broad SMARTS) is 1. The summed E-state index contributed by atoms with van der Waals surface area (Å²) >= 11 is 0. The van der Waals surface area contributed by atoms with Gasteiger partial charge in [0.2, 0.25) is 0 Å². The molecule has 0 fully saturated rings. The zero-order valence-electron chi connectivity index (χ0n) is 13.6. The molecule has 1 heterocycles. The van der Waals surface area contributed by atoms with E-state index in [9.17, 15) is 14.7 Å². The van der Waals surface area contributed by atoms with Crippen molar-refractivity contribution >= 4 is 11.8 Å². The van der Waals surface area contributed by atoms with Crippen molar-refractivity contribution in [2.75, 3.05) is 0 Å². The molecular weight excluding hydrogens is 302 g/mol. The van der Waals surface area contributed by atoms with Crippen LogP contribution in [0.4, 0.5) is 0 Å². The average molecular weight is 318 g/mol. The summed E-state index contributed by atoms with van der Waals surface area (Å²) in [4.78, 5) is 27.3. The Labute approximate surface area is 140 Å². The van der Waals surface area contributed by atoms with Crippen LogP contribution in [0.25, 0.3) is 0 Å². The molecule has 4 heteroatoms. The van der Waals surface area contributed by atoms with Crippen LogP contribution < -0.4 is 5.11 Å². The summed E-state index contributed by atoms with van der Waals surface area (Å²) in [6.07, 6.45) is 2.86. The van der Waals surface area contributed by atoms with Crippen LogP contribution in [0.2, 0.25) is 0 Å². The number of hydrogen-bond donors (Lipinski definition) is 0. The molecule has 120 valence electrons. The number of hydrogen-bond acceptors (Lipinski definition) is 4. The molecule has 0 aliphatic heterocycles. The van der Waals surface area contributed by atoms with Crippen molar-refractivity contribution in [1.82, 2.24) is 4.98 Å². The Hall–Kier alpha value is -2.93. The molecule has 0 atom stereocenters. The van der Waals surface area contributed by atoms with Crippen molar-refractivity contribution in [2.24, 2.45) is 0 Å². The number of fused-ring (bicyclic) bond motifs is 1. The zero-order chi connectivity index (χ0) is 17.3. The molecule has 24 heavy (non-hydrogen) atoms. The van der Waals surface area contributed by atoms with Gasteiger partial charge in [-0.25, -0.2) is 4.98 Å². The predicted octanol–water partition coefficient (Wildman–Crippen LogP) is 2.10. The second-order valence-corrected chi connectivity index (χ2v) is 6.50. The summed E-state index contributed by atoms with van der Waals surface area (Å²) in [5, 5.41) is 11.1. The number of Topliss-reactive ketones (excluding diaryl/α,β-unsaturated/α-hetero) is 1. The number of ketones is 1. The van der Waals surface area contributed by atoms with E-state index < -0.39 is 5.97 Å². The number of nitrogens with zero attached hydrogens (tertiary/aromatic N) is 1. The minimum Gasteiger partial charge on any atom is -0.545 e. The van der Waals surface area contributed by atoms with E-state index in [4.69, 9.17) is 0 Å². The third kappa shape index (κ3) is 2.93. The number of rotatable bonds is 1. The molecule has 0 bridgehead atoms. The lowest BCUT2D eigenvalue weighted by Crippen LogP contribution is -2.27. The number of aromatic nitrogens is 1. The molecule has 4 nitrogen and oxygen atoms in total. The lowest BCUT2D eigenvalue weighted by Gasteiger charge is -2.31. The maximum atomic E-state index is 12.2. The van der Waals surface area contributed by atoms with Crippen LogP contribution in [0.5, 0.6) is 0 Å². The van der Waals surface area contributed by atoms with E-state index in [2.05, 4.69) is 30.7 Å². The Morgan fingerprint density at radius 1 is 1.25 bits per heavy atom. The second kappa shape index (κ2) is 5.93. The maximum absolute atomic E-state index is 12.2. The van der Waals surface area contributed by atoms with Crippen LogP contribution >= 0.6 is 0 Å². The van der Waals surface area contributed by atoms with Gasteiger partial charge in [-0.1, -0.05) is 25.8 Å². The fourth-order valence-electron chi connectivity index (χ4n) is 2.94. The van der Waals surface area contributed by atoms with Crippen molar-refractivity contribution in [3.05, 3.63) is 64.5 Å². The number of carbonyl (C=O) groups excluding carboxylic acids is 2. The third-order valence-electron chi connectivity index (χ3n) is 4.38. The van der Waals surface area contributed by atoms with Crippen LogP contribution in [0.15, 0.2) is 36.5 Å². The fraction of sp³-hybridized carbons (Fsp3) is 0.250. The van der Waals surface area contributed by atoms with Crippen LogP contribution in [0, 0.1) is 11.8 Å². The highest BCUT2D eigenvalue weighted by atomic mass is 16.4. The van der Waals surface area contributed by atoms with Gasteiger partial charge in [-0.3, -0.25) is 4.79 Å². The molecule has 1 aromatic heterocycles. The number of carbonyl (C=O) groups is 2. The van der Waals surface area contributed by atoms with Gasteiger partial charge >= 0.3 is 0 Å². The molecule has 0 radical (unpaired) electrons. The molecule has 0 amide bonds. The van der Waals surface area contributed by atoms with E-state index in [1.807, 2.05) is 12.1 Å². The van der Waals surface area contributed by atoms with Crippen LogP contribution in [-0.4, -0.2) is 16.7 Å². The molecular formula is C20H16NO3-.